The molecule has 0 radical (unpaired) electrons. The van der Waals surface area contributed by atoms with Gasteiger partial charge in [0.05, 0.1) is 10.6 Å². The molecule has 1 aromatic rings. The molecule has 1 aliphatic heterocycles. The average molecular weight is 285 g/mol. The molecule has 1 aliphatic rings. The number of benzene rings is 1. The molecule has 0 aliphatic carbocycles. The summed E-state index contributed by atoms with van der Waals surface area (Å²) in [6, 6.07) is 4.23. The van der Waals surface area contributed by atoms with E-state index in [1.807, 2.05) is 0 Å². The summed E-state index contributed by atoms with van der Waals surface area (Å²) >= 11 is 5.95. The van der Waals surface area contributed by atoms with Crippen molar-refractivity contribution in [2.75, 3.05) is 13.1 Å². The van der Waals surface area contributed by atoms with Crippen molar-refractivity contribution in [1.82, 2.24) is 4.90 Å². The molecule has 19 heavy (non-hydrogen) atoms. The number of halogens is 2. The number of nitrogens with zero attached hydrogens (tertiary/aromatic N) is 1. The maximum absolute atomic E-state index is 13.8. The molecule has 2 unspecified atom stereocenters. The van der Waals surface area contributed by atoms with Gasteiger partial charge in [0.15, 0.2) is 0 Å². The van der Waals surface area contributed by atoms with Crippen LogP contribution in [0.25, 0.3) is 0 Å². The smallest absolute Gasteiger partial charge is 0.258 e. The first-order chi connectivity index (χ1) is 9.06. The van der Waals surface area contributed by atoms with Crippen LogP contribution in [0.4, 0.5) is 4.39 Å². The first kappa shape index (κ1) is 14.3. The summed E-state index contributed by atoms with van der Waals surface area (Å²) in [4.78, 5) is 14.2. The molecule has 1 saturated heterocycles. The number of carbonyl (C=O) groups excluding carboxylic acids is 1. The first-order valence-corrected chi connectivity index (χ1v) is 6.89. The summed E-state index contributed by atoms with van der Waals surface area (Å²) in [7, 11) is 0. The Labute approximate surface area is 117 Å². The van der Waals surface area contributed by atoms with Gasteiger partial charge in [-0.05, 0) is 30.9 Å². The van der Waals surface area contributed by atoms with Crippen LogP contribution in [-0.2, 0) is 0 Å². The third-order valence-electron chi connectivity index (χ3n) is 3.79. The Bertz CT molecular complexity index is 460. The van der Waals surface area contributed by atoms with E-state index in [1.54, 1.807) is 4.90 Å². The molecule has 2 atom stereocenters. The molecule has 0 bridgehead atoms. The summed E-state index contributed by atoms with van der Waals surface area (Å²) in [6.07, 6.45) is 1.95. The predicted molar refractivity (Wildman–Crippen MR) is 73.7 cm³/mol. The molecule has 1 aromatic carbocycles. The zero-order chi connectivity index (χ0) is 14.0. The van der Waals surface area contributed by atoms with E-state index in [0.29, 0.717) is 19.0 Å². The SMILES string of the molecule is CC1CCCN(C(=O)c2c(F)cccc2Cl)C1CN. The van der Waals surface area contributed by atoms with E-state index in [2.05, 4.69) is 6.92 Å². The molecule has 3 nitrogen and oxygen atoms in total. The Morgan fingerprint density at radius 2 is 2.32 bits per heavy atom. The van der Waals surface area contributed by atoms with Gasteiger partial charge >= 0.3 is 0 Å². The molecule has 1 amide bonds. The largest absolute Gasteiger partial charge is 0.334 e. The van der Waals surface area contributed by atoms with Gasteiger partial charge in [0, 0.05) is 19.1 Å². The van der Waals surface area contributed by atoms with Crippen LogP contribution >= 0.6 is 11.6 Å². The Kier molecular flexibility index (Phi) is 4.42. The lowest BCUT2D eigenvalue weighted by atomic mass is 9.90. The van der Waals surface area contributed by atoms with E-state index >= 15 is 0 Å². The highest BCUT2D eigenvalue weighted by Gasteiger charge is 2.33. The number of piperidine rings is 1. The molecule has 5 heteroatoms. The van der Waals surface area contributed by atoms with Crippen molar-refractivity contribution in [3.05, 3.63) is 34.6 Å². The van der Waals surface area contributed by atoms with Gasteiger partial charge in [-0.15, -0.1) is 0 Å². The molecule has 0 spiro atoms. The minimum atomic E-state index is -0.577. The summed E-state index contributed by atoms with van der Waals surface area (Å²) in [6.45, 7) is 3.06. The number of likely N-dealkylation sites (tertiary alicyclic amines) is 1. The standard InChI is InChI=1S/C14H18ClFN2O/c1-9-4-3-7-18(12(9)8-17)14(19)13-10(15)5-2-6-11(13)16/h2,5-6,9,12H,3-4,7-8,17H2,1H3. The second-order valence-electron chi connectivity index (χ2n) is 5.02. The lowest BCUT2D eigenvalue weighted by molar-refractivity contribution is 0.0528. The van der Waals surface area contributed by atoms with Crippen LogP contribution in [0.15, 0.2) is 18.2 Å². The van der Waals surface area contributed by atoms with E-state index < -0.39 is 5.82 Å². The van der Waals surface area contributed by atoms with E-state index in [9.17, 15) is 9.18 Å². The number of hydrogen-bond donors (Lipinski definition) is 1. The third-order valence-corrected chi connectivity index (χ3v) is 4.11. The van der Waals surface area contributed by atoms with Crippen molar-refractivity contribution in [3.8, 4) is 0 Å². The molecule has 0 saturated carbocycles. The van der Waals surface area contributed by atoms with Gasteiger partial charge in [-0.3, -0.25) is 4.79 Å². The monoisotopic (exact) mass is 284 g/mol. The molecule has 104 valence electrons. The van der Waals surface area contributed by atoms with Gasteiger partial charge in [-0.2, -0.15) is 0 Å². The maximum Gasteiger partial charge on any atom is 0.258 e. The van der Waals surface area contributed by atoms with E-state index in [4.69, 9.17) is 17.3 Å². The van der Waals surface area contributed by atoms with Crippen LogP contribution in [0.5, 0.6) is 0 Å². The summed E-state index contributed by atoms with van der Waals surface area (Å²) in [5.41, 5.74) is 5.71. The Morgan fingerprint density at radius 1 is 1.58 bits per heavy atom. The summed E-state index contributed by atoms with van der Waals surface area (Å²) in [5, 5.41) is 0.152. The fraction of sp³-hybridized carbons (Fsp3) is 0.500. The molecule has 2 rings (SSSR count). The van der Waals surface area contributed by atoms with E-state index in [-0.39, 0.29) is 22.5 Å². The van der Waals surface area contributed by atoms with Crippen molar-refractivity contribution in [1.29, 1.82) is 0 Å². The zero-order valence-electron chi connectivity index (χ0n) is 10.9. The maximum atomic E-state index is 13.8. The summed E-state index contributed by atoms with van der Waals surface area (Å²) in [5.74, 6) is -0.607. The van der Waals surface area contributed by atoms with E-state index in [0.717, 1.165) is 12.8 Å². The predicted octanol–water partition coefficient (Wildman–Crippen LogP) is 2.68. The van der Waals surface area contributed by atoms with Crippen LogP contribution < -0.4 is 5.73 Å². The minimum Gasteiger partial charge on any atom is -0.334 e. The highest BCUT2D eigenvalue weighted by Crippen LogP contribution is 2.27. The van der Waals surface area contributed by atoms with Crippen LogP contribution in [-0.4, -0.2) is 29.9 Å². The lowest BCUT2D eigenvalue weighted by Gasteiger charge is -2.39. The highest BCUT2D eigenvalue weighted by molar-refractivity contribution is 6.33. The van der Waals surface area contributed by atoms with Crippen molar-refractivity contribution in [2.45, 2.75) is 25.8 Å². The molecule has 1 fully saturated rings. The lowest BCUT2D eigenvalue weighted by Crippen LogP contribution is -2.51. The van der Waals surface area contributed by atoms with Crippen LogP contribution in [0.2, 0.25) is 5.02 Å². The number of nitrogens with two attached hydrogens (primary N) is 1. The zero-order valence-corrected chi connectivity index (χ0v) is 11.7. The first-order valence-electron chi connectivity index (χ1n) is 6.51. The highest BCUT2D eigenvalue weighted by atomic mass is 35.5. The van der Waals surface area contributed by atoms with Crippen molar-refractivity contribution in [3.63, 3.8) is 0 Å². The molecular formula is C14H18ClFN2O. The second kappa shape index (κ2) is 5.88. The number of carbonyl (C=O) groups is 1. The third kappa shape index (κ3) is 2.74. The quantitative estimate of drug-likeness (QED) is 0.907. The minimum absolute atomic E-state index is 0.0445. The van der Waals surface area contributed by atoms with Crippen molar-refractivity contribution < 1.29 is 9.18 Å². The molecule has 2 N–H and O–H groups in total. The van der Waals surface area contributed by atoms with Crippen LogP contribution in [0, 0.1) is 11.7 Å². The fourth-order valence-electron chi connectivity index (χ4n) is 2.71. The van der Waals surface area contributed by atoms with Gasteiger partial charge < -0.3 is 10.6 Å². The Morgan fingerprint density at radius 3 is 2.95 bits per heavy atom. The van der Waals surface area contributed by atoms with Gasteiger partial charge in [-0.25, -0.2) is 4.39 Å². The topological polar surface area (TPSA) is 46.3 Å². The molecule has 0 aromatic heterocycles. The van der Waals surface area contributed by atoms with Gasteiger partial charge in [0.25, 0.3) is 5.91 Å². The van der Waals surface area contributed by atoms with Crippen molar-refractivity contribution >= 4 is 17.5 Å². The Balaban J connectivity index is 2.32. The average Bonchev–Trinajstić information content (AvgIpc) is 2.38. The number of amides is 1. The molecular weight excluding hydrogens is 267 g/mol. The van der Waals surface area contributed by atoms with E-state index in [1.165, 1.54) is 18.2 Å². The number of hydrogen-bond acceptors (Lipinski definition) is 2. The molecule has 1 heterocycles. The Hall–Kier alpha value is -1.13. The van der Waals surface area contributed by atoms with Gasteiger partial charge in [0.1, 0.15) is 5.82 Å². The normalized spacial score (nSPS) is 23.5. The second-order valence-corrected chi connectivity index (χ2v) is 5.42. The van der Waals surface area contributed by atoms with Gasteiger partial charge in [0.2, 0.25) is 0 Å². The fourth-order valence-corrected chi connectivity index (χ4v) is 2.95. The summed E-state index contributed by atoms with van der Waals surface area (Å²) < 4.78 is 13.8. The van der Waals surface area contributed by atoms with Crippen molar-refractivity contribution in [2.24, 2.45) is 11.7 Å². The number of rotatable bonds is 2. The van der Waals surface area contributed by atoms with Gasteiger partial charge in [-0.1, -0.05) is 24.6 Å². The van der Waals surface area contributed by atoms with Crippen LogP contribution in [0.1, 0.15) is 30.1 Å². The van der Waals surface area contributed by atoms with Crippen LogP contribution in [0.3, 0.4) is 0 Å².